The van der Waals surface area contributed by atoms with Gasteiger partial charge in [-0.25, -0.2) is 0 Å². The van der Waals surface area contributed by atoms with E-state index in [1.165, 1.54) is 0 Å². The fourth-order valence-electron chi connectivity index (χ4n) is 2.80. The molecule has 6 heteroatoms. The molecular weight excluding hydrogens is 321 g/mol. The van der Waals surface area contributed by atoms with E-state index in [2.05, 4.69) is 15.5 Å². The first kappa shape index (κ1) is 19.2. The van der Waals surface area contributed by atoms with Crippen molar-refractivity contribution in [3.63, 3.8) is 0 Å². The van der Waals surface area contributed by atoms with Gasteiger partial charge in [0.25, 0.3) is 0 Å². The number of carbonyl (C=O) groups is 1. The monoisotopic (exact) mass is 345 g/mol. The molecule has 2 rings (SSSR count). The molecule has 1 aromatic carbocycles. The third kappa shape index (κ3) is 5.76. The fourth-order valence-corrected chi connectivity index (χ4v) is 3.02. The summed E-state index contributed by atoms with van der Waals surface area (Å²) in [5, 5.41) is 6.89. The normalized spacial score (nSPS) is 16.1. The van der Waals surface area contributed by atoms with E-state index < -0.39 is 0 Å². The van der Waals surface area contributed by atoms with Crippen LogP contribution in [0.2, 0.25) is 5.02 Å². The molecule has 1 heterocycles. The van der Waals surface area contributed by atoms with E-state index in [-0.39, 0.29) is 18.3 Å². The zero-order chi connectivity index (χ0) is 15.2. The highest BCUT2D eigenvalue weighted by Gasteiger charge is 2.20. The van der Waals surface area contributed by atoms with Gasteiger partial charge < -0.3 is 10.6 Å². The number of nitrogens with zero attached hydrogens (tertiary/aromatic N) is 1. The number of nitrogens with one attached hydrogen (secondary N) is 2. The van der Waals surface area contributed by atoms with Crippen LogP contribution >= 0.6 is 24.0 Å². The van der Waals surface area contributed by atoms with Crippen molar-refractivity contribution in [2.24, 2.45) is 5.92 Å². The van der Waals surface area contributed by atoms with Crippen LogP contribution in [0, 0.1) is 12.8 Å². The number of aryl methyl sites for hydroxylation is 1. The first-order chi connectivity index (χ1) is 10.1. The molecule has 2 N–H and O–H groups in total. The van der Waals surface area contributed by atoms with Crippen LogP contribution in [0.15, 0.2) is 18.2 Å². The van der Waals surface area contributed by atoms with Gasteiger partial charge in [-0.2, -0.15) is 0 Å². The minimum atomic E-state index is 0. The molecule has 0 atom stereocenters. The Hall–Kier alpha value is -0.810. The summed E-state index contributed by atoms with van der Waals surface area (Å²) in [5.41, 5.74) is 1.83. The van der Waals surface area contributed by atoms with Crippen LogP contribution in [0.5, 0.6) is 0 Å². The predicted molar refractivity (Wildman–Crippen MR) is 95.2 cm³/mol. The van der Waals surface area contributed by atoms with Crippen molar-refractivity contribution in [2.75, 3.05) is 38.5 Å². The van der Waals surface area contributed by atoms with E-state index in [1.54, 1.807) is 6.07 Å². The van der Waals surface area contributed by atoms with E-state index in [0.29, 0.717) is 11.6 Å². The van der Waals surface area contributed by atoms with Gasteiger partial charge >= 0.3 is 0 Å². The lowest BCUT2D eigenvalue weighted by atomic mass is 9.97. The number of carbonyl (C=O) groups excluding carboxylic acids is 1. The van der Waals surface area contributed by atoms with Gasteiger partial charge in [0.15, 0.2) is 0 Å². The Kier molecular flexibility index (Phi) is 8.18. The van der Waals surface area contributed by atoms with E-state index in [4.69, 9.17) is 11.6 Å². The molecule has 0 aliphatic carbocycles. The Morgan fingerprint density at radius 2 is 2.05 bits per heavy atom. The smallest absolute Gasteiger partial charge is 0.238 e. The number of hydrogen-bond acceptors (Lipinski definition) is 3. The molecule has 1 aliphatic heterocycles. The van der Waals surface area contributed by atoms with Crippen molar-refractivity contribution in [1.82, 2.24) is 10.2 Å². The number of anilines is 1. The second-order valence-corrected chi connectivity index (χ2v) is 6.22. The molecule has 1 fully saturated rings. The van der Waals surface area contributed by atoms with Crippen LogP contribution in [0.1, 0.15) is 18.4 Å². The van der Waals surface area contributed by atoms with Crippen molar-refractivity contribution in [3.8, 4) is 0 Å². The van der Waals surface area contributed by atoms with Crippen LogP contribution in [0.3, 0.4) is 0 Å². The number of piperidine rings is 1. The molecule has 0 saturated carbocycles. The molecule has 0 aromatic heterocycles. The molecule has 1 aromatic rings. The maximum Gasteiger partial charge on any atom is 0.238 e. The number of hydrogen-bond donors (Lipinski definition) is 2. The lowest BCUT2D eigenvalue weighted by Gasteiger charge is -2.31. The van der Waals surface area contributed by atoms with Crippen LogP contribution < -0.4 is 10.6 Å². The highest BCUT2D eigenvalue weighted by molar-refractivity contribution is 6.30. The number of likely N-dealkylation sites (tertiary alicyclic amines) is 1. The standard InChI is InChI=1S/C16H24ClN3O.ClH/c1-12-9-14(17)3-4-15(12)19-16(21)11-20-7-5-13(6-8-20)10-18-2;/h3-4,9,13,18H,5-8,10-11H2,1-2H3,(H,19,21);1H. The fraction of sp³-hybridized carbons (Fsp3) is 0.562. The van der Waals surface area contributed by atoms with Crippen LogP contribution in [-0.2, 0) is 4.79 Å². The molecule has 1 amide bonds. The number of rotatable bonds is 5. The second kappa shape index (κ2) is 9.36. The van der Waals surface area contributed by atoms with Gasteiger partial charge in [-0.3, -0.25) is 9.69 Å². The average molecular weight is 346 g/mol. The van der Waals surface area contributed by atoms with Crippen molar-refractivity contribution in [1.29, 1.82) is 0 Å². The Labute approximate surface area is 144 Å². The lowest BCUT2D eigenvalue weighted by molar-refractivity contribution is -0.117. The van der Waals surface area contributed by atoms with Crippen molar-refractivity contribution >= 4 is 35.6 Å². The van der Waals surface area contributed by atoms with E-state index in [9.17, 15) is 4.79 Å². The SMILES string of the molecule is CNCC1CCN(CC(=O)Nc2ccc(Cl)cc2C)CC1.Cl. The zero-order valence-electron chi connectivity index (χ0n) is 13.2. The maximum absolute atomic E-state index is 12.1. The molecule has 0 radical (unpaired) electrons. The van der Waals surface area contributed by atoms with Gasteiger partial charge in [-0.15, -0.1) is 12.4 Å². The molecular formula is C16H25Cl2N3O. The first-order valence-corrected chi connectivity index (χ1v) is 7.89. The van der Waals surface area contributed by atoms with Gasteiger partial charge in [0, 0.05) is 10.7 Å². The predicted octanol–water partition coefficient (Wildman–Crippen LogP) is 2.94. The van der Waals surface area contributed by atoms with Crippen molar-refractivity contribution in [3.05, 3.63) is 28.8 Å². The summed E-state index contributed by atoms with van der Waals surface area (Å²) in [5.74, 6) is 0.792. The summed E-state index contributed by atoms with van der Waals surface area (Å²) in [6.07, 6.45) is 2.32. The van der Waals surface area contributed by atoms with Crippen LogP contribution in [0.25, 0.3) is 0 Å². The van der Waals surface area contributed by atoms with Crippen LogP contribution in [-0.4, -0.2) is 44.0 Å². The van der Waals surface area contributed by atoms with Gasteiger partial charge in [-0.1, -0.05) is 11.6 Å². The van der Waals surface area contributed by atoms with Gasteiger partial charge in [-0.05, 0) is 76.1 Å². The second-order valence-electron chi connectivity index (χ2n) is 5.78. The highest BCUT2D eigenvalue weighted by Crippen LogP contribution is 2.20. The van der Waals surface area contributed by atoms with Crippen molar-refractivity contribution < 1.29 is 4.79 Å². The highest BCUT2D eigenvalue weighted by atomic mass is 35.5. The number of amides is 1. The Bertz CT molecular complexity index is 488. The summed E-state index contributed by atoms with van der Waals surface area (Å²) in [6.45, 7) is 5.49. The Balaban J connectivity index is 0.00000242. The molecule has 0 spiro atoms. The first-order valence-electron chi connectivity index (χ1n) is 7.51. The zero-order valence-corrected chi connectivity index (χ0v) is 14.8. The summed E-state index contributed by atoms with van der Waals surface area (Å²) < 4.78 is 0. The molecule has 22 heavy (non-hydrogen) atoms. The van der Waals surface area contributed by atoms with Gasteiger partial charge in [0.1, 0.15) is 0 Å². The topological polar surface area (TPSA) is 44.4 Å². The third-order valence-corrected chi connectivity index (χ3v) is 4.26. The molecule has 1 saturated heterocycles. The van der Waals surface area contributed by atoms with Crippen molar-refractivity contribution in [2.45, 2.75) is 19.8 Å². The largest absolute Gasteiger partial charge is 0.325 e. The van der Waals surface area contributed by atoms with Gasteiger partial charge in [0.05, 0.1) is 6.54 Å². The minimum absolute atomic E-state index is 0. The molecule has 1 aliphatic rings. The van der Waals surface area contributed by atoms with Crippen LogP contribution in [0.4, 0.5) is 5.69 Å². The molecule has 124 valence electrons. The quantitative estimate of drug-likeness (QED) is 0.862. The lowest BCUT2D eigenvalue weighted by Crippen LogP contribution is -2.40. The summed E-state index contributed by atoms with van der Waals surface area (Å²) in [7, 11) is 1.99. The van der Waals surface area contributed by atoms with E-state index in [0.717, 1.165) is 49.6 Å². The summed E-state index contributed by atoms with van der Waals surface area (Å²) >= 11 is 5.92. The molecule has 4 nitrogen and oxygen atoms in total. The summed E-state index contributed by atoms with van der Waals surface area (Å²) in [4.78, 5) is 14.4. The maximum atomic E-state index is 12.1. The Morgan fingerprint density at radius 3 is 2.64 bits per heavy atom. The molecule has 0 unspecified atom stereocenters. The van der Waals surface area contributed by atoms with E-state index in [1.807, 2.05) is 26.1 Å². The molecule has 0 bridgehead atoms. The minimum Gasteiger partial charge on any atom is -0.325 e. The number of benzene rings is 1. The third-order valence-electron chi connectivity index (χ3n) is 4.03. The Morgan fingerprint density at radius 1 is 1.36 bits per heavy atom. The number of halogens is 2. The summed E-state index contributed by atoms with van der Waals surface area (Å²) in [6, 6.07) is 5.52. The van der Waals surface area contributed by atoms with Gasteiger partial charge in [0.2, 0.25) is 5.91 Å². The average Bonchev–Trinajstić information content (AvgIpc) is 2.44. The van der Waals surface area contributed by atoms with E-state index >= 15 is 0 Å².